The third kappa shape index (κ3) is 3.82. The van der Waals surface area contributed by atoms with Gasteiger partial charge < -0.3 is 10.0 Å². The Balaban J connectivity index is 1.98. The number of aryl methyl sites for hydroxylation is 1. The summed E-state index contributed by atoms with van der Waals surface area (Å²) >= 11 is 0. The first kappa shape index (κ1) is 16.4. The zero-order valence-electron chi connectivity index (χ0n) is 13.0. The summed E-state index contributed by atoms with van der Waals surface area (Å²) in [5.74, 6) is -0.00358. The summed E-state index contributed by atoms with van der Waals surface area (Å²) < 4.78 is 0. The van der Waals surface area contributed by atoms with Crippen LogP contribution < -0.4 is 0 Å². The van der Waals surface area contributed by atoms with Crippen LogP contribution in [0.5, 0.6) is 0 Å². The summed E-state index contributed by atoms with van der Waals surface area (Å²) in [5.41, 5.74) is -0.0837. The molecule has 1 heterocycles. The molecule has 0 spiro atoms. The van der Waals surface area contributed by atoms with Gasteiger partial charge in [0.15, 0.2) is 0 Å². The van der Waals surface area contributed by atoms with Crippen LogP contribution in [0.25, 0.3) is 0 Å². The maximum atomic E-state index is 12.4. The number of hydrogen-bond acceptors (Lipinski definition) is 4. The van der Waals surface area contributed by atoms with Crippen molar-refractivity contribution in [1.82, 2.24) is 4.90 Å². The van der Waals surface area contributed by atoms with Gasteiger partial charge in [0.2, 0.25) is 5.91 Å². The molecule has 0 saturated carbocycles. The Labute approximate surface area is 129 Å². The highest BCUT2D eigenvalue weighted by molar-refractivity contribution is 5.77. The van der Waals surface area contributed by atoms with E-state index >= 15 is 0 Å². The van der Waals surface area contributed by atoms with Crippen LogP contribution in [0.2, 0.25) is 0 Å². The molecule has 6 heteroatoms. The van der Waals surface area contributed by atoms with Crippen molar-refractivity contribution in [1.29, 1.82) is 0 Å². The van der Waals surface area contributed by atoms with Crippen LogP contribution in [0.4, 0.5) is 5.69 Å². The molecule has 2 rings (SSSR count). The topological polar surface area (TPSA) is 83.7 Å². The average molecular weight is 306 g/mol. The van der Waals surface area contributed by atoms with Crippen molar-refractivity contribution in [2.75, 3.05) is 6.54 Å². The van der Waals surface area contributed by atoms with E-state index in [4.69, 9.17) is 0 Å². The predicted molar refractivity (Wildman–Crippen MR) is 82.5 cm³/mol. The number of hydrogen-bond donors (Lipinski definition) is 1. The maximum absolute atomic E-state index is 12.4. The van der Waals surface area contributed by atoms with Crippen molar-refractivity contribution in [2.45, 2.75) is 51.2 Å². The van der Waals surface area contributed by atoms with E-state index in [-0.39, 0.29) is 17.6 Å². The highest BCUT2D eigenvalue weighted by Crippen LogP contribution is 2.27. The van der Waals surface area contributed by atoms with Crippen LogP contribution in [0, 0.1) is 10.1 Å². The smallest absolute Gasteiger partial charge is 0.269 e. The normalized spacial score (nSPS) is 18.5. The zero-order valence-corrected chi connectivity index (χ0v) is 13.0. The maximum Gasteiger partial charge on any atom is 0.269 e. The zero-order chi connectivity index (χ0) is 16.3. The molecule has 0 aliphatic carbocycles. The van der Waals surface area contributed by atoms with E-state index < -0.39 is 10.5 Å². The van der Waals surface area contributed by atoms with Crippen molar-refractivity contribution in [2.24, 2.45) is 0 Å². The largest absolute Gasteiger partial charge is 0.388 e. The fraction of sp³-hybridized carbons (Fsp3) is 0.562. The molecule has 22 heavy (non-hydrogen) atoms. The summed E-state index contributed by atoms with van der Waals surface area (Å²) in [6.45, 7) is 4.12. The van der Waals surface area contributed by atoms with Gasteiger partial charge in [0, 0.05) is 25.1 Å². The van der Waals surface area contributed by atoms with Gasteiger partial charge in [-0.15, -0.1) is 0 Å². The van der Waals surface area contributed by atoms with Gasteiger partial charge in [-0.05, 0) is 38.7 Å². The van der Waals surface area contributed by atoms with Crippen molar-refractivity contribution in [3.8, 4) is 0 Å². The molecule has 0 radical (unpaired) electrons. The molecule has 0 aromatic heterocycles. The lowest BCUT2D eigenvalue weighted by Crippen LogP contribution is -2.48. The Morgan fingerprint density at radius 3 is 2.86 bits per heavy atom. The fourth-order valence-corrected chi connectivity index (χ4v) is 3.02. The molecule has 1 aliphatic rings. The van der Waals surface area contributed by atoms with Crippen LogP contribution >= 0.6 is 0 Å². The van der Waals surface area contributed by atoms with Crippen molar-refractivity contribution < 1.29 is 14.8 Å². The Morgan fingerprint density at radius 2 is 2.23 bits per heavy atom. The number of carbonyl (C=O) groups is 1. The SMILES string of the molecule is CC(C)(O)[C@H]1CCCN1C(=O)CCc1cccc([N+](=O)[O-])c1. The Kier molecular flexibility index (Phi) is 4.81. The van der Waals surface area contributed by atoms with E-state index in [1.165, 1.54) is 12.1 Å². The molecule has 1 aliphatic heterocycles. The number of nitrogens with zero attached hydrogens (tertiary/aromatic N) is 2. The molecule has 1 aromatic rings. The Bertz CT molecular complexity index is 566. The van der Waals surface area contributed by atoms with Crippen molar-refractivity contribution in [3.63, 3.8) is 0 Å². The summed E-state index contributed by atoms with van der Waals surface area (Å²) in [7, 11) is 0. The molecule has 0 unspecified atom stereocenters. The molecule has 1 N–H and O–H groups in total. The second kappa shape index (κ2) is 6.44. The van der Waals surface area contributed by atoms with Gasteiger partial charge in [-0.3, -0.25) is 14.9 Å². The minimum Gasteiger partial charge on any atom is -0.388 e. The van der Waals surface area contributed by atoms with Crippen LogP contribution in [-0.4, -0.2) is 39.0 Å². The van der Waals surface area contributed by atoms with E-state index in [0.717, 1.165) is 18.4 Å². The van der Waals surface area contributed by atoms with Gasteiger partial charge in [0.1, 0.15) is 0 Å². The predicted octanol–water partition coefficient (Wildman–Crippen LogP) is 2.29. The molecule has 1 fully saturated rings. The van der Waals surface area contributed by atoms with E-state index in [0.29, 0.717) is 19.4 Å². The summed E-state index contributed by atoms with van der Waals surface area (Å²) in [6, 6.07) is 6.22. The van der Waals surface area contributed by atoms with E-state index in [2.05, 4.69) is 0 Å². The van der Waals surface area contributed by atoms with Gasteiger partial charge in [-0.2, -0.15) is 0 Å². The van der Waals surface area contributed by atoms with Gasteiger partial charge in [0.05, 0.1) is 16.6 Å². The number of aliphatic hydroxyl groups is 1. The van der Waals surface area contributed by atoms with Gasteiger partial charge >= 0.3 is 0 Å². The summed E-state index contributed by atoms with van der Waals surface area (Å²) in [5, 5.41) is 20.9. The first-order chi connectivity index (χ1) is 10.3. The van der Waals surface area contributed by atoms with Crippen molar-refractivity contribution >= 4 is 11.6 Å². The second-order valence-electron chi connectivity index (χ2n) is 6.33. The number of benzene rings is 1. The highest BCUT2D eigenvalue weighted by atomic mass is 16.6. The number of amides is 1. The van der Waals surface area contributed by atoms with Crippen molar-refractivity contribution in [3.05, 3.63) is 39.9 Å². The van der Waals surface area contributed by atoms with Crippen LogP contribution in [0.1, 0.15) is 38.7 Å². The summed E-state index contributed by atoms with van der Waals surface area (Å²) in [4.78, 5) is 24.4. The number of rotatable bonds is 5. The fourth-order valence-electron chi connectivity index (χ4n) is 3.02. The Morgan fingerprint density at radius 1 is 1.50 bits per heavy atom. The first-order valence-electron chi connectivity index (χ1n) is 7.54. The molecule has 1 amide bonds. The van der Waals surface area contributed by atoms with Gasteiger partial charge in [-0.1, -0.05) is 12.1 Å². The van der Waals surface area contributed by atoms with E-state index in [1.54, 1.807) is 30.9 Å². The lowest BCUT2D eigenvalue weighted by atomic mass is 9.96. The third-order valence-corrected chi connectivity index (χ3v) is 4.14. The average Bonchev–Trinajstić information content (AvgIpc) is 2.94. The molecule has 0 bridgehead atoms. The number of nitro benzene ring substituents is 1. The lowest BCUT2D eigenvalue weighted by molar-refractivity contribution is -0.384. The lowest BCUT2D eigenvalue weighted by Gasteiger charge is -2.33. The first-order valence-corrected chi connectivity index (χ1v) is 7.54. The molecule has 120 valence electrons. The highest BCUT2D eigenvalue weighted by Gasteiger charge is 2.37. The minimum atomic E-state index is -0.905. The molecular weight excluding hydrogens is 284 g/mol. The van der Waals surface area contributed by atoms with Crippen LogP contribution in [0.3, 0.4) is 0 Å². The molecular formula is C16H22N2O4. The minimum absolute atomic E-state index is 0.00358. The molecule has 6 nitrogen and oxygen atoms in total. The monoisotopic (exact) mass is 306 g/mol. The quantitative estimate of drug-likeness (QED) is 0.668. The third-order valence-electron chi connectivity index (χ3n) is 4.14. The van der Waals surface area contributed by atoms with E-state index in [9.17, 15) is 20.0 Å². The standard InChI is InChI=1S/C16H22N2O4/c1-16(2,20)14-7-4-10-17(14)15(19)9-8-12-5-3-6-13(11-12)18(21)22/h3,5-6,11,14,20H,4,7-10H2,1-2H3/t14-/m1/s1. The van der Waals surface area contributed by atoms with Crippen LogP contribution in [0.15, 0.2) is 24.3 Å². The van der Waals surface area contributed by atoms with E-state index in [1.807, 2.05) is 0 Å². The van der Waals surface area contributed by atoms with Gasteiger partial charge in [-0.25, -0.2) is 0 Å². The molecule has 1 saturated heterocycles. The van der Waals surface area contributed by atoms with Gasteiger partial charge in [0.25, 0.3) is 5.69 Å². The molecule has 1 aromatic carbocycles. The number of non-ortho nitro benzene ring substituents is 1. The number of likely N-dealkylation sites (tertiary alicyclic amines) is 1. The Hall–Kier alpha value is -1.95. The second-order valence-corrected chi connectivity index (χ2v) is 6.33. The number of nitro groups is 1. The number of carbonyl (C=O) groups excluding carboxylic acids is 1. The van der Waals surface area contributed by atoms with Crippen LogP contribution in [-0.2, 0) is 11.2 Å². The molecule has 1 atom stereocenters. The summed E-state index contributed by atoms with van der Waals surface area (Å²) in [6.07, 6.45) is 2.48.